The second-order valence-electron chi connectivity index (χ2n) is 4.00. The lowest BCUT2D eigenvalue weighted by Gasteiger charge is -2.06. The van der Waals surface area contributed by atoms with E-state index >= 15 is 0 Å². The number of carbonyl (C=O) groups is 2. The standard InChI is InChI=1S/C14H19NO4/c1-3-9-19-14(17)11-4-6-12(7-5-11)15-13(16)8-10-18-2/h4-7H,3,8-10H2,1-2H3,(H,15,16). The minimum absolute atomic E-state index is 0.122. The van der Waals surface area contributed by atoms with E-state index in [0.29, 0.717) is 30.9 Å². The van der Waals surface area contributed by atoms with Gasteiger partial charge in [-0.2, -0.15) is 0 Å². The molecule has 0 aliphatic carbocycles. The molecular formula is C14H19NO4. The quantitative estimate of drug-likeness (QED) is 0.768. The molecule has 1 amide bonds. The van der Waals surface area contributed by atoms with E-state index in [2.05, 4.69) is 5.32 Å². The molecule has 0 bridgehead atoms. The van der Waals surface area contributed by atoms with E-state index in [4.69, 9.17) is 9.47 Å². The third-order valence-electron chi connectivity index (χ3n) is 2.37. The van der Waals surface area contributed by atoms with Crippen LogP contribution >= 0.6 is 0 Å². The normalized spacial score (nSPS) is 10.0. The first-order valence-corrected chi connectivity index (χ1v) is 6.23. The molecule has 1 N–H and O–H groups in total. The van der Waals surface area contributed by atoms with Gasteiger partial charge in [-0.25, -0.2) is 4.79 Å². The second kappa shape index (κ2) is 8.26. The maximum absolute atomic E-state index is 11.6. The summed E-state index contributed by atoms with van der Waals surface area (Å²) in [6.45, 7) is 2.73. The predicted molar refractivity (Wildman–Crippen MR) is 72.1 cm³/mol. The lowest BCUT2D eigenvalue weighted by atomic mass is 10.2. The highest BCUT2D eigenvalue weighted by Crippen LogP contribution is 2.11. The van der Waals surface area contributed by atoms with Gasteiger partial charge in [0, 0.05) is 12.8 Å². The van der Waals surface area contributed by atoms with Crippen LogP contribution in [-0.2, 0) is 14.3 Å². The Kier molecular flexibility index (Phi) is 6.60. The molecule has 5 nitrogen and oxygen atoms in total. The fraction of sp³-hybridized carbons (Fsp3) is 0.429. The van der Waals surface area contributed by atoms with Crippen molar-refractivity contribution in [3.63, 3.8) is 0 Å². The average molecular weight is 265 g/mol. The molecular weight excluding hydrogens is 246 g/mol. The fourth-order valence-electron chi connectivity index (χ4n) is 1.39. The monoisotopic (exact) mass is 265 g/mol. The minimum atomic E-state index is -0.348. The molecule has 1 aromatic carbocycles. The van der Waals surface area contributed by atoms with Gasteiger partial charge in [0.1, 0.15) is 0 Å². The number of hydrogen-bond acceptors (Lipinski definition) is 4. The van der Waals surface area contributed by atoms with E-state index in [1.807, 2.05) is 6.92 Å². The highest BCUT2D eigenvalue weighted by Gasteiger charge is 2.07. The molecule has 0 radical (unpaired) electrons. The Morgan fingerprint density at radius 1 is 1.16 bits per heavy atom. The molecule has 1 rings (SSSR count). The summed E-state index contributed by atoms with van der Waals surface area (Å²) in [6, 6.07) is 6.61. The smallest absolute Gasteiger partial charge is 0.338 e. The lowest BCUT2D eigenvalue weighted by Crippen LogP contribution is -2.13. The molecule has 0 heterocycles. The van der Waals surface area contributed by atoms with E-state index < -0.39 is 0 Å². The van der Waals surface area contributed by atoms with Crippen LogP contribution in [0.3, 0.4) is 0 Å². The van der Waals surface area contributed by atoms with Crippen molar-refractivity contribution in [3.8, 4) is 0 Å². The summed E-state index contributed by atoms with van der Waals surface area (Å²) in [5.74, 6) is -0.470. The summed E-state index contributed by atoms with van der Waals surface area (Å²) < 4.78 is 9.82. The first-order valence-electron chi connectivity index (χ1n) is 6.23. The molecule has 0 aliphatic heterocycles. The molecule has 0 spiro atoms. The third-order valence-corrected chi connectivity index (χ3v) is 2.37. The van der Waals surface area contributed by atoms with Crippen LogP contribution in [0.5, 0.6) is 0 Å². The van der Waals surface area contributed by atoms with Crippen LogP contribution in [-0.4, -0.2) is 32.2 Å². The van der Waals surface area contributed by atoms with Gasteiger partial charge in [-0.3, -0.25) is 4.79 Å². The predicted octanol–water partition coefficient (Wildman–Crippen LogP) is 2.23. The summed E-state index contributed by atoms with van der Waals surface area (Å²) in [5.41, 5.74) is 1.12. The van der Waals surface area contributed by atoms with E-state index in [-0.39, 0.29) is 11.9 Å². The molecule has 1 aromatic rings. The number of benzene rings is 1. The van der Waals surface area contributed by atoms with E-state index in [1.54, 1.807) is 31.4 Å². The van der Waals surface area contributed by atoms with Crippen molar-refractivity contribution in [3.05, 3.63) is 29.8 Å². The number of rotatable bonds is 7. The topological polar surface area (TPSA) is 64.6 Å². The maximum Gasteiger partial charge on any atom is 0.338 e. The van der Waals surface area contributed by atoms with Gasteiger partial charge in [0.15, 0.2) is 0 Å². The number of hydrogen-bond donors (Lipinski definition) is 1. The van der Waals surface area contributed by atoms with E-state index in [0.717, 1.165) is 6.42 Å². The van der Waals surface area contributed by atoms with Crippen molar-refractivity contribution in [1.82, 2.24) is 0 Å². The van der Waals surface area contributed by atoms with Crippen LogP contribution in [0.25, 0.3) is 0 Å². The number of esters is 1. The maximum atomic E-state index is 11.6. The molecule has 19 heavy (non-hydrogen) atoms. The summed E-state index contributed by atoms with van der Waals surface area (Å²) in [6.07, 6.45) is 1.09. The van der Waals surface area contributed by atoms with Crippen LogP contribution in [0.4, 0.5) is 5.69 Å². The summed E-state index contributed by atoms with van der Waals surface area (Å²) in [5, 5.41) is 2.71. The highest BCUT2D eigenvalue weighted by molar-refractivity contribution is 5.93. The van der Waals surface area contributed by atoms with Crippen LogP contribution < -0.4 is 5.32 Å². The summed E-state index contributed by atoms with van der Waals surface area (Å²) in [7, 11) is 1.55. The largest absolute Gasteiger partial charge is 0.462 e. The van der Waals surface area contributed by atoms with Crippen molar-refractivity contribution in [2.75, 3.05) is 25.6 Å². The van der Waals surface area contributed by atoms with Gasteiger partial charge < -0.3 is 14.8 Å². The summed E-state index contributed by atoms with van der Waals surface area (Å²) >= 11 is 0. The molecule has 0 saturated heterocycles. The van der Waals surface area contributed by atoms with Crippen LogP contribution in [0.1, 0.15) is 30.1 Å². The van der Waals surface area contributed by atoms with Crippen LogP contribution in [0.2, 0.25) is 0 Å². The molecule has 0 aromatic heterocycles. The second-order valence-corrected chi connectivity index (χ2v) is 4.00. The van der Waals surface area contributed by atoms with Crippen LogP contribution in [0.15, 0.2) is 24.3 Å². The molecule has 0 fully saturated rings. The van der Waals surface area contributed by atoms with Gasteiger partial charge >= 0.3 is 5.97 Å². The molecule has 0 aliphatic rings. The van der Waals surface area contributed by atoms with Crippen molar-refractivity contribution >= 4 is 17.6 Å². The van der Waals surface area contributed by atoms with Gasteiger partial charge in [0.2, 0.25) is 5.91 Å². The van der Waals surface area contributed by atoms with Gasteiger partial charge in [0.25, 0.3) is 0 Å². The van der Waals surface area contributed by atoms with E-state index in [9.17, 15) is 9.59 Å². The Morgan fingerprint density at radius 3 is 2.42 bits per heavy atom. The highest BCUT2D eigenvalue weighted by atomic mass is 16.5. The number of carbonyl (C=O) groups excluding carboxylic acids is 2. The van der Waals surface area contributed by atoms with Crippen LogP contribution in [0, 0.1) is 0 Å². The number of amides is 1. The molecule has 5 heteroatoms. The molecule has 0 unspecified atom stereocenters. The Bertz CT molecular complexity index is 414. The molecule has 104 valence electrons. The van der Waals surface area contributed by atoms with Crippen molar-refractivity contribution in [1.29, 1.82) is 0 Å². The number of nitrogens with one attached hydrogen (secondary N) is 1. The fourth-order valence-corrected chi connectivity index (χ4v) is 1.39. The zero-order valence-corrected chi connectivity index (χ0v) is 11.3. The molecule has 0 saturated carbocycles. The zero-order valence-electron chi connectivity index (χ0n) is 11.3. The Balaban J connectivity index is 2.51. The SMILES string of the molecule is CCCOC(=O)c1ccc(NC(=O)CCOC)cc1. The minimum Gasteiger partial charge on any atom is -0.462 e. The average Bonchev–Trinajstić information content (AvgIpc) is 2.43. The van der Waals surface area contributed by atoms with Crippen molar-refractivity contribution in [2.24, 2.45) is 0 Å². The Labute approximate surface area is 112 Å². The zero-order chi connectivity index (χ0) is 14.1. The van der Waals surface area contributed by atoms with Gasteiger partial charge in [-0.1, -0.05) is 6.92 Å². The summed E-state index contributed by atoms with van der Waals surface area (Å²) in [4.78, 5) is 23.0. The molecule has 0 atom stereocenters. The Morgan fingerprint density at radius 2 is 1.84 bits per heavy atom. The van der Waals surface area contributed by atoms with Gasteiger partial charge in [0.05, 0.1) is 25.2 Å². The van der Waals surface area contributed by atoms with Gasteiger partial charge in [-0.15, -0.1) is 0 Å². The van der Waals surface area contributed by atoms with Crippen molar-refractivity contribution < 1.29 is 19.1 Å². The Hall–Kier alpha value is -1.88. The number of ether oxygens (including phenoxy) is 2. The first kappa shape index (κ1) is 15.2. The first-order chi connectivity index (χ1) is 9.17. The van der Waals surface area contributed by atoms with Gasteiger partial charge in [-0.05, 0) is 30.7 Å². The van der Waals surface area contributed by atoms with Crippen molar-refractivity contribution in [2.45, 2.75) is 19.8 Å². The lowest BCUT2D eigenvalue weighted by molar-refractivity contribution is -0.117. The number of methoxy groups -OCH3 is 1. The number of anilines is 1. The van der Waals surface area contributed by atoms with E-state index in [1.165, 1.54) is 0 Å². The third kappa shape index (κ3) is 5.52.